The summed E-state index contributed by atoms with van der Waals surface area (Å²) in [7, 11) is 0. The molecule has 28 heavy (non-hydrogen) atoms. The zero-order valence-electron chi connectivity index (χ0n) is 16.5. The largest absolute Gasteiger partial charge is 0.367 e. The third-order valence-corrected chi connectivity index (χ3v) is 7.94. The third kappa shape index (κ3) is 4.23. The van der Waals surface area contributed by atoms with Crippen molar-refractivity contribution in [3.8, 4) is 0 Å². The van der Waals surface area contributed by atoms with Gasteiger partial charge >= 0.3 is 0 Å². The van der Waals surface area contributed by atoms with Crippen LogP contribution >= 0.6 is 11.8 Å². The highest BCUT2D eigenvalue weighted by atomic mass is 32.2. The molecule has 0 radical (unpaired) electrons. The second kappa shape index (κ2) is 8.87. The van der Waals surface area contributed by atoms with Gasteiger partial charge in [0.2, 0.25) is 11.8 Å². The zero-order valence-corrected chi connectivity index (χ0v) is 17.3. The van der Waals surface area contributed by atoms with Gasteiger partial charge in [0.1, 0.15) is 6.61 Å². The van der Waals surface area contributed by atoms with Crippen LogP contribution in [0, 0.1) is 5.92 Å². The molecule has 1 aromatic carbocycles. The molecule has 1 spiro atoms. The van der Waals surface area contributed by atoms with Crippen LogP contribution < -0.4 is 0 Å². The quantitative estimate of drug-likeness (QED) is 0.758. The van der Waals surface area contributed by atoms with Crippen LogP contribution in [0.3, 0.4) is 0 Å². The fourth-order valence-corrected chi connectivity index (χ4v) is 6.22. The van der Waals surface area contributed by atoms with E-state index in [2.05, 4.69) is 4.90 Å². The molecule has 6 heteroatoms. The number of ether oxygens (including phenoxy) is 1. The molecule has 3 fully saturated rings. The molecule has 1 saturated carbocycles. The van der Waals surface area contributed by atoms with E-state index in [1.54, 1.807) is 0 Å². The average molecular weight is 403 g/mol. The molecule has 0 atom stereocenters. The average Bonchev–Trinajstić information content (AvgIpc) is 3.39. The van der Waals surface area contributed by atoms with Gasteiger partial charge in [-0.05, 0) is 31.2 Å². The van der Waals surface area contributed by atoms with E-state index in [9.17, 15) is 9.59 Å². The number of carbonyl (C=O) groups excluding carboxylic acids is 2. The standard InChI is InChI=1S/C22H30N2O3S/c25-20(17-27-16-18-6-2-1-3-7-18)23-12-10-22(11-13-23)24(14-15-28-22)21(26)19-8-4-5-9-19/h1-3,6-7,19H,4-5,8-17H2. The Morgan fingerprint density at radius 1 is 1.07 bits per heavy atom. The van der Waals surface area contributed by atoms with Crippen molar-refractivity contribution in [1.29, 1.82) is 0 Å². The molecule has 2 amide bonds. The molecule has 1 aromatic rings. The zero-order chi connectivity index (χ0) is 19.4. The highest BCUT2D eigenvalue weighted by Crippen LogP contribution is 2.45. The molecule has 5 nitrogen and oxygen atoms in total. The SMILES string of the molecule is O=C(COCc1ccccc1)N1CCC2(CC1)SCCN2C(=O)C1CCCC1. The topological polar surface area (TPSA) is 49.9 Å². The summed E-state index contributed by atoms with van der Waals surface area (Å²) in [6.07, 6.45) is 6.24. The highest BCUT2D eigenvalue weighted by molar-refractivity contribution is 8.00. The molecular formula is C22H30N2O3S. The van der Waals surface area contributed by atoms with Crippen LogP contribution in [0.15, 0.2) is 30.3 Å². The smallest absolute Gasteiger partial charge is 0.248 e. The van der Waals surface area contributed by atoms with E-state index in [1.807, 2.05) is 47.0 Å². The molecule has 2 aliphatic heterocycles. The summed E-state index contributed by atoms with van der Waals surface area (Å²) >= 11 is 1.93. The summed E-state index contributed by atoms with van der Waals surface area (Å²) in [6.45, 7) is 2.89. The second-order valence-electron chi connectivity index (χ2n) is 8.13. The number of thioether (sulfide) groups is 1. The first kappa shape index (κ1) is 19.8. The molecule has 0 bridgehead atoms. The molecule has 2 heterocycles. The minimum absolute atomic E-state index is 0.0578. The van der Waals surface area contributed by atoms with Crippen LogP contribution in [0.1, 0.15) is 44.1 Å². The monoisotopic (exact) mass is 402 g/mol. The Bertz CT molecular complexity index is 682. The maximum absolute atomic E-state index is 13.0. The Hall–Kier alpha value is -1.53. The van der Waals surface area contributed by atoms with Crippen molar-refractivity contribution >= 4 is 23.6 Å². The van der Waals surface area contributed by atoms with Gasteiger partial charge in [-0.1, -0.05) is 43.2 Å². The predicted molar refractivity (Wildman–Crippen MR) is 111 cm³/mol. The first-order valence-electron chi connectivity index (χ1n) is 10.5. The van der Waals surface area contributed by atoms with Crippen molar-refractivity contribution in [2.75, 3.05) is 32.0 Å². The van der Waals surface area contributed by atoms with E-state index in [0.717, 1.165) is 56.6 Å². The highest BCUT2D eigenvalue weighted by Gasteiger charge is 2.48. The first-order valence-corrected chi connectivity index (χ1v) is 11.5. The molecular weight excluding hydrogens is 372 g/mol. The lowest BCUT2D eigenvalue weighted by Gasteiger charge is -2.44. The Morgan fingerprint density at radius 2 is 1.79 bits per heavy atom. The predicted octanol–water partition coefficient (Wildman–Crippen LogP) is 3.29. The number of hydrogen-bond acceptors (Lipinski definition) is 4. The summed E-state index contributed by atoms with van der Waals surface area (Å²) in [5.74, 6) is 1.68. The molecule has 3 aliphatic rings. The van der Waals surface area contributed by atoms with Gasteiger partial charge in [-0.3, -0.25) is 9.59 Å². The molecule has 2 saturated heterocycles. The molecule has 4 rings (SSSR count). The Labute approximate surface area is 171 Å². The first-order chi connectivity index (χ1) is 13.7. The van der Waals surface area contributed by atoms with Crippen LogP contribution in [0.4, 0.5) is 0 Å². The van der Waals surface area contributed by atoms with E-state index in [1.165, 1.54) is 12.8 Å². The van der Waals surface area contributed by atoms with Gasteiger partial charge in [-0.2, -0.15) is 0 Å². The lowest BCUT2D eigenvalue weighted by molar-refractivity contribution is -0.142. The molecule has 152 valence electrons. The minimum Gasteiger partial charge on any atom is -0.367 e. The number of rotatable bonds is 5. The summed E-state index contributed by atoms with van der Waals surface area (Å²) < 4.78 is 5.62. The van der Waals surface area contributed by atoms with Crippen molar-refractivity contribution < 1.29 is 14.3 Å². The fourth-order valence-electron chi connectivity index (χ4n) is 4.75. The summed E-state index contributed by atoms with van der Waals surface area (Å²) in [5.41, 5.74) is 1.08. The number of carbonyl (C=O) groups is 2. The van der Waals surface area contributed by atoms with Crippen LogP contribution in [-0.4, -0.2) is 58.5 Å². The number of amides is 2. The lowest BCUT2D eigenvalue weighted by atomic mass is 9.98. The van der Waals surface area contributed by atoms with Crippen molar-refractivity contribution in [2.24, 2.45) is 5.92 Å². The Balaban J connectivity index is 1.27. The van der Waals surface area contributed by atoms with Gasteiger partial charge in [0, 0.05) is 31.3 Å². The normalized spacial score (nSPS) is 22.1. The summed E-state index contributed by atoms with van der Waals surface area (Å²) in [4.78, 5) is 29.6. The van der Waals surface area contributed by atoms with Crippen LogP contribution in [0.25, 0.3) is 0 Å². The van der Waals surface area contributed by atoms with Crippen molar-refractivity contribution in [2.45, 2.75) is 50.0 Å². The molecule has 1 aliphatic carbocycles. The summed E-state index contributed by atoms with van der Waals surface area (Å²) in [6, 6.07) is 9.93. The van der Waals surface area contributed by atoms with E-state index >= 15 is 0 Å². The van der Waals surface area contributed by atoms with Crippen LogP contribution in [0.2, 0.25) is 0 Å². The molecule has 0 N–H and O–H groups in total. The minimum atomic E-state index is -0.0820. The van der Waals surface area contributed by atoms with E-state index in [-0.39, 0.29) is 23.3 Å². The number of hydrogen-bond donors (Lipinski definition) is 0. The van der Waals surface area contributed by atoms with Gasteiger partial charge in [0.25, 0.3) is 0 Å². The van der Waals surface area contributed by atoms with Crippen LogP contribution in [0.5, 0.6) is 0 Å². The van der Waals surface area contributed by atoms with Crippen LogP contribution in [-0.2, 0) is 20.9 Å². The molecule has 0 unspecified atom stereocenters. The maximum Gasteiger partial charge on any atom is 0.248 e. The van der Waals surface area contributed by atoms with Gasteiger partial charge in [-0.15, -0.1) is 11.8 Å². The van der Waals surface area contributed by atoms with Crippen molar-refractivity contribution in [3.05, 3.63) is 35.9 Å². The van der Waals surface area contributed by atoms with Gasteiger partial charge in [0.05, 0.1) is 11.5 Å². The number of likely N-dealkylation sites (tertiary alicyclic amines) is 1. The van der Waals surface area contributed by atoms with Crippen molar-refractivity contribution in [1.82, 2.24) is 9.80 Å². The number of benzene rings is 1. The van der Waals surface area contributed by atoms with Gasteiger partial charge in [0.15, 0.2) is 0 Å². The lowest BCUT2D eigenvalue weighted by Crippen LogP contribution is -2.55. The van der Waals surface area contributed by atoms with E-state index < -0.39 is 0 Å². The third-order valence-electron chi connectivity index (χ3n) is 6.38. The maximum atomic E-state index is 13.0. The Kier molecular flexibility index (Phi) is 6.26. The summed E-state index contributed by atoms with van der Waals surface area (Å²) in [5, 5.41) is 0. The number of nitrogens with zero attached hydrogens (tertiary/aromatic N) is 2. The molecule has 0 aromatic heterocycles. The second-order valence-corrected chi connectivity index (χ2v) is 9.58. The van der Waals surface area contributed by atoms with E-state index in [0.29, 0.717) is 12.5 Å². The van der Waals surface area contributed by atoms with E-state index in [4.69, 9.17) is 4.74 Å². The van der Waals surface area contributed by atoms with Crippen molar-refractivity contribution in [3.63, 3.8) is 0 Å². The number of piperidine rings is 1. The Morgan fingerprint density at radius 3 is 2.50 bits per heavy atom. The fraction of sp³-hybridized carbons (Fsp3) is 0.636. The van der Waals surface area contributed by atoms with Gasteiger partial charge < -0.3 is 14.5 Å². The van der Waals surface area contributed by atoms with Gasteiger partial charge in [-0.25, -0.2) is 0 Å².